The van der Waals surface area contributed by atoms with E-state index in [0.717, 1.165) is 17.8 Å². The summed E-state index contributed by atoms with van der Waals surface area (Å²) in [5.41, 5.74) is 1.56. The van der Waals surface area contributed by atoms with E-state index in [1.54, 1.807) is 4.68 Å². The van der Waals surface area contributed by atoms with E-state index in [0.29, 0.717) is 18.2 Å². The molecule has 1 aliphatic rings. The predicted molar refractivity (Wildman–Crippen MR) is 113 cm³/mol. The van der Waals surface area contributed by atoms with E-state index >= 15 is 0 Å². The Labute approximate surface area is 172 Å². The average Bonchev–Trinajstić information content (AvgIpc) is 3.35. The smallest absolute Gasteiger partial charge is 0.306 e. The first-order chi connectivity index (χ1) is 13.8. The van der Waals surface area contributed by atoms with Gasteiger partial charge in [0.25, 0.3) is 5.91 Å². The lowest BCUT2D eigenvalue weighted by atomic mass is 9.92. The summed E-state index contributed by atoms with van der Waals surface area (Å²) in [5.74, 6) is 0.524. The standard InChI is InChI=1S/C23H31N3O3/c1-23(2,3)19-15-20(26(25-19)18-11-5-4-6-12-18)24-21(27)16-29-22(28)14-13-17-9-7-8-10-17/h4-6,11-12,15,17H,7-10,13-14,16H2,1-3H3,(H,24,27). The number of para-hydroxylation sites is 1. The molecule has 2 aromatic rings. The fourth-order valence-electron chi connectivity index (χ4n) is 3.62. The van der Waals surface area contributed by atoms with Gasteiger partial charge >= 0.3 is 5.97 Å². The molecular formula is C23H31N3O3. The van der Waals surface area contributed by atoms with Crippen LogP contribution in [-0.2, 0) is 19.7 Å². The second kappa shape index (κ2) is 9.25. The van der Waals surface area contributed by atoms with Gasteiger partial charge in [-0.15, -0.1) is 0 Å². The van der Waals surface area contributed by atoms with Crippen LogP contribution in [-0.4, -0.2) is 28.3 Å². The summed E-state index contributed by atoms with van der Waals surface area (Å²) >= 11 is 0. The van der Waals surface area contributed by atoms with E-state index in [1.165, 1.54) is 25.7 Å². The molecular weight excluding hydrogens is 366 g/mol. The number of carbonyl (C=O) groups excluding carboxylic acids is 2. The predicted octanol–water partition coefficient (Wildman–Crippen LogP) is 4.62. The van der Waals surface area contributed by atoms with Crippen LogP contribution in [0.3, 0.4) is 0 Å². The van der Waals surface area contributed by atoms with Crippen molar-refractivity contribution in [1.29, 1.82) is 0 Å². The van der Waals surface area contributed by atoms with Gasteiger partial charge in [0, 0.05) is 17.9 Å². The number of benzene rings is 1. The minimum absolute atomic E-state index is 0.161. The number of nitrogens with zero attached hydrogens (tertiary/aromatic N) is 2. The molecule has 0 atom stereocenters. The minimum Gasteiger partial charge on any atom is -0.456 e. The van der Waals surface area contributed by atoms with Crippen molar-refractivity contribution in [2.45, 2.75) is 64.7 Å². The van der Waals surface area contributed by atoms with Crippen molar-refractivity contribution < 1.29 is 14.3 Å². The molecule has 0 radical (unpaired) electrons. The summed E-state index contributed by atoms with van der Waals surface area (Å²) in [6.45, 7) is 5.93. The highest BCUT2D eigenvalue weighted by Crippen LogP contribution is 2.29. The Balaban J connectivity index is 1.60. The molecule has 1 heterocycles. The lowest BCUT2D eigenvalue weighted by molar-refractivity contribution is -0.147. The van der Waals surface area contributed by atoms with E-state index in [1.807, 2.05) is 36.4 Å². The van der Waals surface area contributed by atoms with Crippen LogP contribution in [0.1, 0.15) is 65.0 Å². The number of hydrogen-bond donors (Lipinski definition) is 1. The normalized spacial score (nSPS) is 14.7. The Morgan fingerprint density at radius 2 is 1.86 bits per heavy atom. The van der Waals surface area contributed by atoms with Gasteiger partial charge in [0.15, 0.2) is 6.61 Å². The van der Waals surface area contributed by atoms with Crippen LogP contribution in [0.15, 0.2) is 36.4 Å². The fraction of sp³-hybridized carbons (Fsp3) is 0.522. The summed E-state index contributed by atoms with van der Waals surface area (Å²) in [7, 11) is 0. The van der Waals surface area contributed by atoms with Crippen molar-refractivity contribution in [3.05, 3.63) is 42.1 Å². The largest absolute Gasteiger partial charge is 0.456 e. The summed E-state index contributed by atoms with van der Waals surface area (Å²) in [5, 5.41) is 7.51. The molecule has 0 bridgehead atoms. The van der Waals surface area contributed by atoms with E-state index < -0.39 is 0 Å². The first-order valence-electron chi connectivity index (χ1n) is 10.4. The number of hydrogen-bond acceptors (Lipinski definition) is 4. The molecule has 156 valence electrons. The van der Waals surface area contributed by atoms with Crippen LogP contribution in [0, 0.1) is 5.92 Å². The van der Waals surface area contributed by atoms with Crippen molar-refractivity contribution in [3.63, 3.8) is 0 Å². The summed E-state index contributed by atoms with van der Waals surface area (Å²) in [4.78, 5) is 24.4. The Morgan fingerprint density at radius 1 is 1.17 bits per heavy atom. The molecule has 1 aromatic carbocycles. The zero-order valence-corrected chi connectivity index (χ0v) is 17.6. The molecule has 6 nitrogen and oxygen atoms in total. The molecule has 0 saturated heterocycles. The van der Waals surface area contributed by atoms with Crippen LogP contribution >= 0.6 is 0 Å². The number of esters is 1. The molecule has 0 spiro atoms. The third-order valence-corrected chi connectivity index (χ3v) is 5.34. The number of amides is 1. The molecule has 3 rings (SSSR count). The lowest BCUT2D eigenvalue weighted by Crippen LogP contribution is -2.22. The molecule has 1 N–H and O–H groups in total. The van der Waals surface area contributed by atoms with Gasteiger partial charge in [-0.05, 0) is 24.5 Å². The van der Waals surface area contributed by atoms with Crippen molar-refractivity contribution in [2.75, 3.05) is 11.9 Å². The van der Waals surface area contributed by atoms with Gasteiger partial charge in [0.1, 0.15) is 5.82 Å². The van der Waals surface area contributed by atoms with E-state index in [2.05, 4.69) is 31.2 Å². The number of rotatable bonds is 7. The number of ether oxygens (including phenoxy) is 1. The molecule has 6 heteroatoms. The highest BCUT2D eigenvalue weighted by atomic mass is 16.5. The zero-order chi connectivity index (χ0) is 20.9. The van der Waals surface area contributed by atoms with Gasteiger partial charge in [0.05, 0.1) is 11.4 Å². The first kappa shape index (κ1) is 21.1. The molecule has 1 saturated carbocycles. The first-order valence-corrected chi connectivity index (χ1v) is 10.4. The van der Waals surface area contributed by atoms with Crippen LogP contribution in [0.2, 0.25) is 0 Å². The lowest BCUT2D eigenvalue weighted by Gasteiger charge is -2.14. The average molecular weight is 398 g/mol. The van der Waals surface area contributed by atoms with Crippen LogP contribution in [0.4, 0.5) is 5.82 Å². The third kappa shape index (κ3) is 5.92. The van der Waals surface area contributed by atoms with Gasteiger partial charge in [-0.3, -0.25) is 9.59 Å². The van der Waals surface area contributed by atoms with E-state index in [-0.39, 0.29) is 23.9 Å². The van der Waals surface area contributed by atoms with Crippen LogP contribution in [0.25, 0.3) is 5.69 Å². The molecule has 29 heavy (non-hydrogen) atoms. The summed E-state index contributed by atoms with van der Waals surface area (Å²) in [6, 6.07) is 11.5. The maximum atomic E-state index is 12.4. The van der Waals surface area contributed by atoms with E-state index in [4.69, 9.17) is 4.74 Å². The molecule has 1 amide bonds. The van der Waals surface area contributed by atoms with Gasteiger partial charge in [0.2, 0.25) is 0 Å². The zero-order valence-electron chi connectivity index (χ0n) is 17.6. The van der Waals surface area contributed by atoms with Crippen molar-refractivity contribution in [2.24, 2.45) is 5.92 Å². The van der Waals surface area contributed by atoms with Crippen molar-refractivity contribution in [3.8, 4) is 5.69 Å². The van der Waals surface area contributed by atoms with Gasteiger partial charge < -0.3 is 10.1 Å². The molecule has 1 aliphatic carbocycles. The maximum absolute atomic E-state index is 12.4. The fourth-order valence-corrected chi connectivity index (χ4v) is 3.62. The second-order valence-corrected chi connectivity index (χ2v) is 8.81. The molecule has 0 aliphatic heterocycles. The monoisotopic (exact) mass is 397 g/mol. The van der Waals surface area contributed by atoms with Gasteiger partial charge in [-0.2, -0.15) is 5.10 Å². The number of carbonyl (C=O) groups is 2. The molecule has 1 fully saturated rings. The van der Waals surface area contributed by atoms with Crippen molar-refractivity contribution >= 4 is 17.7 Å². The Kier molecular flexibility index (Phi) is 6.72. The SMILES string of the molecule is CC(C)(C)c1cc(NC(=O)COC(=O)CCC2CCCC2)n(-c2ccccc2)n1. The van der Waals surface area contributed by atoms with Crippen LogP contribution in [0.5, 0.6) is 0 Å². The van der Waals surface area contributed by atoms with Gasteiger partial charge in [-0.1, -0.05) is 64.7 Å². The maximum Gasteiger partial charge on any atom is 0.306 e. The summed E-state index contributed by atoms with van der Waals surface area (Å²) in [6.07, 6.45) is 6.16. The number of nitrogens with one attached hydrogen (secondary N) is 1. The minimum atomic E-state index is -0.364. The third-order valence-electron chi connectivity index (χ3n) is 5.34. The quantitative estimate of drug-likeness (QED) is 0.692. The highest BCUT2D eigenvalue weighted by molar-refractivity contribution is 5.92. The molecule has 1 aromatic heterocycles. The number of aromatic nitrogens is 2. The highest BCUT2D eigenvalue weighted by Gasteiger charge is 2.22. The molecule has 0 unspecified atom stereocenters. The Hall–Kier alpha value is -2.63. The van der Waals surface area contributed by atoms with Crippen molar-refractivity contribution in [1.82, 2.24) is 9.78 Å². The topological polar surface area (TPSA) is 73.2 Å². The Bertz CT molecular complexity index is 831. The van der Waals surface area contributed by atoms with Gasteiger partial charge in [-0.25, -0.2) is 4.68 Å². The second-order valence-electron chi connectivity index (χ2n) is 8.81. The summed E-state index contributed by atoms with van der Waals surface area (Å²) < 4.78 is 6.88. The Morgan fingerprint density at radius 3 is 2.52 bits per heavy atom. The van der Waals surface area contributed by atoms with E-state index in [9.17, 15) is 9.59 Å². The number of anilines is 1. The van der Waals surface area contributed by atoms with Crippen LogP contribution < -0.4 is 5.32 Å².